The van der Waals surface area contributed by atoms with Gasteiger partial charge in [-0.25, -0.2) is 0 Å². The third-order valence-corrected chi connectivity index (χ3v) is 4.98. The van der Waals surface area contributed by atoms with E-state index in [1.165, 1.54) is 24.8 Å². The Morgan fingerprint density at radius 2 is 2.05 bits per heavy atom. The van der Waals surface area contributed by atoms with Crippen LogP contribution >= 0.6 is 11.6 Å². The monoisotopic (exact) mass is 297 g/mol. The minimum absolute atomic E-state index is 0.727. The first-order valence-corrected chi connectivity index (χ1v) is 8.25. The summed E-state index contributed by atoms with van der Waals surface area (Å²) < 4.78 is 1.80. The molecule has 20 heavy (non-hydrogen) atoms. The average Bonchev–Trinajstić information content (AvgIpc) is 2.90. The molecule has 0 radical (unpaired) electrons. The van der Waals surface area contributed by atoms with Crippen LogP contribution in [0, 0.1) is 24.7 Å². The fourth-order valence-electron chi connectivity index (χ4n) is 3.38. The van der Waals surface area contributed by atoms with Crippen LogP contribution in [0.15, 0.2) is 0 Å². The van der Waals surface area contributed by atoms with Crippen molar-refractivity contribution in [1.82, 2.24) is 15.1 Å². The number of hydrogen-bond donors (Lipinski definition) is 1. The molecule has 1 aromatic rings. The molecule has 1 aliphatic carbocycles. The van der Waals surface area contributed by atoms with Crippen molar-refractivity contribution >= 4 is 11.6 Å². The van der Waals surface area contributed by atoms with Crippen LogP contribution in [0.2, 0.25) is 5.15 Å². The Morgan fingerprint density at radius 1 is 1.35 bits per heavy atom. The van der Waals surface area contributed by atoms with E-state index in [9.17, 15) is 0 Å². The number of nitrogens with one attached hydrogen (secondary N) is 1. The highest BCUT2D eigenvalue weighted by Gasteiger charge is 2.29. The Hall–Kier alpha value is -0.540. The first-order valence-electron chi connectivity index (χ1n) is 7.87. The van der Waals surface area contributed by atoms with E-state index >= 15 is 0 Å². The van der Waals surface area contributed by atoms with E-state index in [4.69, 9.17) is 11.6 Å². The van der Waals surface area contributed by atoms with E-state index in [0.29, 0.717) is 0 Å². The fraction of sp³-hybridized carbons (Fsp3) is 0.812. The van der Waals surface area contributed by atoms with Crippen LogP contribution in [-0.4, -0.2) is 22.9 Å². The van der Waals surface area contributed by atoms with Crippen LogP contribution in [0.3, 0.4) is 0 Å². The Balaban J connectivity index is 1.94. The largest absolute Gasteiger partial charge is 0.316 e. The predicted octanol–water partition coefficient (Wildman–Crippen LogP) is 3.59. The molecule has 1 aliphatic rings. The van der Waals surface area contributed by atoms with Crippen molar-refractivity contribution < 1.29 is 0 Å². The van der Waals surface area contributed by atoms with Gasteiger partial charge < -0.3 is 5.32 Å². The lowest BCUT2D eigenvalue weighted by molar-refractivity contribution is 0.357. The maximum Gasteiger partial charge on any atom is 0.130 e. The standard InChI is InChI=1S/C16H28ClN3/c1-11(2)9-18-10-14-7-5-6-13(14)8-15-12(3)19-20(4)16(15)17/h11,13-14,18H,5-10H2,1-4H3. The van der Waals surface area contributed by atoms with Crippen LogP contribution in [0.25, 0.3) is 0 Å². The molecule has 1 aromatic heterocycles. The SMILES string of the molecule is Cc1nn(C)c(Cl)c1CC1CCCC1CNCC(C)C. The lowest BCUT2D eigenvalue weighted by Crippen LogP contribution is -2.29. The van der Waals surface area contributed by atoms with Crippen LogP contribution in [-0.2, 0) is 13.5 Å². The Kier molecular flexibility index (Phi) is 5.50. The maximum absolute atomic E-state index is 6.37. The van der Waals surface area contributed by atoms with Gasteiger partial charge in [0.1, 0.15) is 5.15 Å². The molecule has 2 atom stereocenters. The third kappa shape index (κ3) is 3.76. The molecule has 0 aromatic carbocycles. The molecule has 0 amide bonds. The lowest BCUT2D eigenvalue weighted by Gasteiger charge is -2.20. The maximum atomic E-state index is 6.37. The summed E-state index contributed by atoms with van der Waals surface area (Å²) in [5.74, 6) is 2.28. The molecular weight excluding hydrogens is 270 g/mol. The second-order valence-electron chi connectivity index (χ2n) is 6.69. The van der Waals surface area contributed by atoms with Gasteiger partial charge in [-0.1, -0.05) is 31.9 Å². The van der Waals surface area contributed by atoms with Crippen LogP contribution in [0.1, 0.15) is 44.4 Å². The van der Waals surface area contributed by atoms with Crippen molar-refractivity contribution in [2.24, 2.45) is 24.8 Å². The van der Waals surface area contributed by atoms with Crippen molar-refractivity contribution in [3.63, 3.8) is 0 Å². The van der Waals surface area contributed by atoms with Gasteiger partial charge in [-0.3, -0.25) is 4.68 Å². The number of aryl methyl sites for hydroxylation is 2. The zero-order valence-corrected chi connectivity index (χ0v) is 14.0. The lowest BCUT2D eigenvalue weighted by atomic mass is 9.89. The summed E-state index contributed by atoms with van der Waals surface area (Å²) >= 11 is 6.37. The van der Waals surface area contributed by atoms with Gasteiger partial charge in [0, 0.05) is 12.6 Å². The Morgan fingerprint density at radius 3 is 2.65 bits per heavy atom. The molecule has 1 saturated carbocycles. The van der Waals surface area contributed by atoms with E-state index in [1.807, 2.05) is 7.05 Å². The highest BCUT2D eigenvalue weighted by Crippen LogP contribution is 2.35. The summed E-state index contributed by atoms with van der Waals surface area (Å²) in [5, 5.41) is 8.88. The van der Waals surface area contributed by atoms with Crippen molar-refractivity contribution in [1.29, 1.82) is 0 Å². The van der Waals surface area contributed by atoms with Gasteiger partial charge in [0.25, 0.3) is 0 Å². The van der Waals surface area contributed by atoms with Crippen molar-refractivity contribution in [2.75, 3.05) is 13.1 Å². The fourth-order valence-corrected chi connectivity index (χ4v) is 3.63. The van der Waals surface area contributed by atoms with Gasteiger partial charge in [-0.15, -0.1) is 0 Å². The van der Waals surface area contributed by atoms with E-state index < -0.39 is 0 Å². The predicted molar refractivity (Wildman–Crippen MR) is 85.2 cm³/mol. The smallest absolute Gasteiger partial charge is 0.130 e. The minimum Gasteiger partial charge on any atom is -0.316 e. The average molecular weight is 298 g/mol. The van der Waals surface area contributed by atoms with Gasteiger partial charge in [0.2, 0.25) is 0 Å². The minimum atomic E-state index is 0.727. The second kappa shape index (κ2) is 6.95. The molecule has 3 nitrogen and oxygen atoms in total. The summed E-state index contributed by atoms with van der Waals surface area (Å²) in [5.41, 5.74) is 2.35. The molecule has 4 heteroatoms. The zero-order valence-electron chi connectivity index (χ0n) is 13.2. The van der Waals surface area contributed by atoms with Crippen LogP contribution < -0.4 is 5.32 Å². The number of rotatable bonds is 6. The molecule has 1 N–H and O–H groups in total. The Bertz CT molecular complexity index is 439. The topological polar surface area (TPSA) is 29.9 Å². The van der Waals surface area contributed by atoms with Crippen molar-refractivity contribution in [3.8, 4) is 0 Å². The number of aromatic nitrogens is 2. The van der Waals surface area contributed by atoms with Crippen molar-refractivity contribution in [3.05, 3.63) is 16.4 Å². The molecule has 0 bridgehead atoms. The number of nitrogens with zero attached hydrogens (tertiary/aromatic N) is 2. The number of hydrogen-bond acceptors (Lipinski definition) is 2. The first-order chi connectivity index (χ1) is 9.49. The zero-order chi connectivity index (χ0) is 14.7. The molecule has 114 valence electrons. The summed E-state index contributed by atoms with van der Waals surface area (Å²) in [4.78, 5) is 0. The highest BCUT2D eigenvalue weighted by molar-refractivity contribution is 6.30. The normalized spacial score (nSPS) is 22.9. The molecule has 2 rings (SSSR count). The molecule has 1 fully saturated rings. The van der Waals surface area contributed by atoms with Gasteiger partial charge >= 0.3 is 0 Å². The first kappa shape index (κ1) is 15.8. The molecule has 2 unspecified atom stereocenters. The Labute approximate surface area is 128 Å². The van der Waals surface area contributed by atoms with Crippen LogP contribution in [0.4, 0.5) is 0 Å². The van der Waals surface area contributed by atoms with Gasteiger partial charge in [0.15, 0.2) is 0 Å². The number of halogens is 1. The summed E-state index contributed by atoms with van der Waals surface area (Å²) in [6, 6.07) is 0. The quantitative estimate of drug-likeness (QED) is 0.870. The molecule has 0 saturated heterocycles. The van der Waals surface area contributed by atoms with Gasteiger partial charge in [0.05, 0.1) is 5.69 Å². The second-order valence-corrected chi connectivity index (χ2v) is 7.04. The summed E-state index contributed by atoms with van der Waals surface area (Å²) in [7, 11) is 1.93. The highest BCUT2D eigenvalue weighted by atomic mass is 35.5. The molecule has 0 spiro atoms. The van der Waals surface area contributed by atoms with E-state index in [-0.39, 0.29) is 0 Å². The summed E-state index contributed by atoms with van der Waals surface area (Å²) in [6.45, 7) is 8.87. The molecular formula is C16H28ClN3. The van der Waals surface area contributed by atoms with Gasteiger partial charge in [-0.2, -0.15) is 5.10 Å². The van der Waals surface area contributed by atoms with Crippen LogP contribution in [0.5, 0.6) is 0 Å². The van der Waals surface area contributed by atoms with E-state index in [2.05, 4.69) is 31.2 Å². The van der Waals surface area contributed by atoms with E-state index in [0.717, 1.165) is 48.1 Å². The third-order valence-electron chi connectivity index (χ3n) is 4.51. The van der Waals surface area contributed by atoms with Crippen molar-refractivity contribution in [2.45, 2.75) is 46.5 Å². The molecule has 1 heterocycles. The summed E-state index contributed by atoms with van der Waals surface area (Å²) in [6.07, 6.45) is 5.13. The molecule has 0 aliphatic heterocycles. The van der Waals surface area contributed by atoms with Gasteiger partial charge in [-0.05, 0) is 57.0 Å². The van der Waals surface area contributed by atoms with E-state index in [1.54, 1.807) is 4.68 Å².